The Hall–Kier alpha value is -8.21. The van der Waals surface area contributed by atoms with Crippen molar-refractivity contribution in [3.63, 3.8) is 0 Å². The molecule has 0 aromatic heterocycles. The molecule has 10 rings (SSSR count). The average molecular weight is 1450 g/mol. The third-order valence-electron chi connectivity index (χ3n) is 16.9. The Kier molecular flexibility index (Phi) is 25.7. The molecule has 99 heavy (non-hydrogen) atoms. The summed E-state index contributed by atoms with van der Waals surface area (Å²) >= 11 is 13.2. The lowest BCUT2D eigenvalue weighted by molar-refractivity contribution is -0.140. The molecule has 0 radical (unpaired) electrons. The van der Waals surface area contributed by atoms with Crippen LogP contribution in [0.1, 0.15) is 146 Å². The number of ketones is 4. The summed E-state index contributed by atoms with van der Waals surface area (Å²) in [6, 6.07) is 40.1. The molecule has 0 saturated heterocycles. The molecule has 18 nitrogen and oxygen atoms in total. The molecule has 3 aliphatic carbocycles. The van der Waals surface area contributed by atoms with Crippen molar-refractivity contribution in [2.75, 3.05) is 34.0 Å². The number of aliphatic carboxylic acids is 1. The third-order valence-corrected chi connectivity index (χ3v) is 23.3. The van der Waals surface area contributed by atoms with Crippen LogP contribution in [0.5, 0.6) is 11.5 Å². The number of nitrogens with one attached hydrogen (secondary N) is 1. The fraction of sp³-hybridized carbons (Fsp3) is 0.368. The topological polar surface area (TPSA) is 308 Å². The van der Waals surface area contributed by atoms with Crippen molar-refractivity contribution < 1.29 is 68.6 Å². The van der Waals surface area contributed by atoms with E-state index in [1.54, 1.807) is 48.5 Å². The maximum Gasteiger partial charge on any atom is 0.311 e. The highest BCUT2D eigenvalue weighted by Gasteiger charge is 2.33. The summed E-state index contributed by atoms with van der Waals surface area (Å²) in [5, 5.41) is 12.8. The fourth-order valence-corrected chi connectivity index (χ4v) is 16.9. The number of carbonyl (C=O) groups excluding carboxylic acids is 5. The van der Waals surface area contributed by atoms with Crippen LogP contribution in [0.25, 0.3) is 22.3 Å². The first-order chi connectivity index (χ1) is 46.7. The zero-order chi connectivity index (χ0) is 72.3. The highest BCUT2D eigenvalue weighted by Crippen LogP contribution is 2.42. The second-order valence-electron chi connectivity index (χ2n) is 26.5. The molecule has 0 bridgehead atoms. The minimum absolute atomic E-state index is 0.0110. The van der Waals surface area contributed by atoms with Gasteiger partial charge in [-0.25, -0.2) is 25.3 Å². The summed E-state index contributed by atoms with van der Waals surface area (Å²) in [6.45, 7) is 11.9. The summed E-state index contributed by atoms with van der Waals surface area (Å²) in [4.78, 5) is 74.1. The van der Waals surface area contributed by atoms with Gasteiger partial charge in [0.2, 0.25) is 5.91 Å². The Bertz CT molecular complexity index is 4470. The maximum absolute atomic E-state index is 13.6. The van der Waals surface area contributed by atoms with Crippen molar-refractivity contribution in [3.05, 3.63) is 178 Å². The number of sulfone groups is 3. The average Bonchev–Trinajstić information content (AvgIpc) is 1.61. The van der Waals surface area contributed by atoms with Crippen LogP contribution < -0.4 is 26.3 Å². The molecule has 3 fully saturated rings. The van der Waals surface area contributed by atoms with Gasteiger partial charge in [0.25, 0.3) is 0 Å². The normalized spacial score (nSPS) is 14.7. The van der Waals surface area contributed by atoms with E-state index in [1.807, 2.05) is 76.2 Å². The first-order valence-corrected chi connectivity index (χ1v) is 38.6. The van der Waals surface area contributed by atoms with Crippen LogP contribution in [0.4, 0.5) is 17.1 Å². The Balaban J connectivity index is 0.000000198. The number of para-hydroxylation sites is 2. The van der Waals surface area contributed by atoms with Gasteiger partial charge in [-0.1, -0.05) is 96.0 Å². The van der Waals surface area contributed by atoms with Crippen molar-refractivity contribution >= 4 is 105 Å². The van der Waals surface area contributed by atoms with Gasteiger partial charge in [0.05, 0.1) is 77.4 Å². The van der Waals surface area contributed by atoms with E-state index in [-0.39, 0.29) is 111 Å². The van der Waals surface area contributed by atoms with Gasteiger partial charge in [-0.15, -0.1) is 0 Å². The standard InChI is InChI=1S/C31H34ClNO5S.C30H33ClN2O5S.C15H18O5S/c1-19(2)38-31-7-5-4-6-25(31)27-15-23(29(33)17-28(27)32)16-30(35)26(14-20(3)34)22-10-12-24(13-11-22)39(36,37)18-21-8-9-21;1-18(2)38-29-7-5-4-6-23(29)25-15-27(32)28(16-26(25)31)33-30(35)24(14-19(3)34)21-10-12-22(13-11-21)39(36,37)17-20-8-9-20;1-10(16)8-14(15(17)18)12-4-6-13(7-5-12)21(19,20)9-11-2-3-11/h4-7,10-13,15,17,19,21,26H,8-9,14,16,18,33H2,1-3H3;4-7,10-13,15-16,18,20,24H,8-9,14,17,32H2,1-3H3,(H,33,35);4-7,11,14H,2-3,8-9H2,1H3,(H,17,18). The molecule has 3 unspecified atom stereocenters. The largest absolute Gasteiger partial charge is 0.490 e. The van der Waals surface area contributed by atoms with Gasteiger partial charge in [-0.2, -0.15) is 0 Å². The number of halogens is 2. The number of hydrogen-bond donors (Lipinski definition) is 4. The molecule has 3 saturated carbocycles. The van der Waals surface area contributed by atoms with Crippen LogP contribution in [0.3, 0.4) is 0 Å². The van der Waals surface area contributed by atoms with Gasteiger partial charge in [0.1, 0.15) is 34.6 Å². The van der Waals surface area contributed by atoms with Crippen molar-refractivity contribution in [3.8, 4) is 33.8 Å². The fourth-order valence-electron chi connectivity index (χ4n) is 11.3. The molecule has 0 heterocycles. The van der Waals surface area contributed by atoms with Crippen LogP contribution in [0.2, 0.25) is 10.0 Å². The summed E-state index contributed by atoms with van der Waals surface area (Å²) < 4.78 is 86.7. The molecule has 7 aromatic rings. The lowest BCUT2D eigenvalue weighted by Gasteiger charge is -2.19. The Morgan fingerprint density at radius 2 is 0.828 bits per heavy atom. The molecule has 3 atom stereocenters. The number of amides is 1. The molecule has 7 aromatic carbocycles. The number of hydrogen-bond acceptors (Lipinski definition) is 16. The summed E-state index contributed by atoms with van der Waals surface area (Å²) in [7, 11) is -10.1. The van der Waals surface area contributed by atoms with E-state index in [0.717, 1.165) is 49.7 Å². The number of benzene rings is 7. The lowest BCUT2D eigenvalue weighted by Crippen LogP contribution is -2.23. The monoisotopic (exact) mass is 1450 g/mol. The van der Waals surface area contributed by atoms with Gasteiger partial charge in [-0.3, -0.25) is 28.8 Å². The van der Waals surface area contributed by atoms with Crippen molar-refractivity contribution in [2.24, 2.45) is 17.8 Å². The highest BCUT2D eigenvalue weighted by atomic mass is 35.5. The van der Waals surface area contributed by atoms with Crippen molar-refractivity contribution in [1.29, 1.82) is 0 Å². The van der Waals surface area contributed by atoms with E-state index in [1.165, 1.54) is 69.3 Å². The Morgan fingerprint density at radius 3 is 1.21 bits per heavy atom. The van der Waals surface area contributed by atoms with Gasteiger partial charge >= 0.3 is 5.97 Å². The van der Waals surface area contributed by atoms with Crippen LogP contribution >= 0.6 is 23.2 Å². The first-order valence-electron chi connectivity index (χ1n) is 32.9. The Labute approximate surface area is 590 Å². The third kappa shape index (κ3) is 21.9. The molecule has 23 heteroatoms. The second kappa shape index (κ2) is 33.3. The van der Waals surface area contributed by atoms with Gasteiger partial charge in [0, 0.05) is 59.5 Å². The number of carbonyl (C=O) groups is 6. The molecular weight excluding hydrogens is 1360 g/mol. The van der Waals surface area contributed by atoms with Crippen molar-refractivity contribution in [1.82, 2.24) is 0 Å². The Morgan fingerprint density at radius 1 is 0.475 bits per heavy atom. The number of carboxylic acid groups (broad SMARTS) is 1. The second-order valence-corrected chi connectivity index (χ2v) is 33.4. The molecule has 0 spiro atoms. The quantitative estimate of drug-likeness (QED) is 0.0304. The molecule has 6 N–H and O–H groups in total. The zero-order valence-electron chi connectivity index (χ0n) is 56.5. The molecule has 0 aliphatic heterocycles. The minimum atomic E-state index is -3.39. The van der Waals surface area contributed by atoms with Crippen LogP contribution in [-0.4, -0.2) is 94.8 Å². The molecular formula is C76H85Cl2N3O15S3. The van der Waals surface area contributed by atoms with Gasteiger partial charge in [-0.05, 0) is 200 Å². The van der Waals surface area contributed by atoms with E-state index >= 15 is 0 Å². The SMILES string of the molecule is CC(=O)CC(C(=O)Cc1cc(-c2ccccc2OC(C)C)c(Cl)cc1N)c1ccc(S(=O)(=O)CC2CC2)cc1.CC(=O)CC(C(=O)Nc1cc(Cl)c(-c2ccccc2OC(C)C)cc1N)c1ccc(S(=O)(=O)CC2CC2)cc1.CC(=O)CC(C(=O)O)c1ccc(S(=O)(=O)CC2CC2)cc1. The van der Waals surface area contributed by atoms with E-state index in [0.29, 0.717) is 72.0 Å². The minimum Gasteiger partial charge on any atom is -0.490 e. The molecule has 3 aliphatic rings. The van der Waals surface area contributed by atoms with E-state index < -0.39 is 59.1 Å². The summed E-state index contributed by atoms with van der Waals surface area (Å²) in [5.41, 5.74) is 18.7. The number of nitrogens with two attached hydrogens (primary N) is 2. The van der Waals surface area contributed by atoms with Gasteiger partial charge < -0.3 is 31.4 Å². The number of Topliss-reactive ketones (excluding diaryl/α,β-unsaturated/α-hetero) is 4. The van der Waals surface area contributed by atoms with E-state index in [4.69, 9.17) is 49.2 Å². The van der Waals surface area contributed by atoms with Crippen molar-refractivity contribution in [2.45, 2.75) is 157 Å². The van der Waals surface area contributed by atoms with E-state index in [2.05, 4.69) is 5.32 Å². The number of nitrogen functional groups attached to an aromatic ring is 2. The first kappa shape index (κ1) is 76.5. The van der Waals surface area contributed by atoms with Crippen LogP contribution in [0, 0.1) is 17.8 Å². The van der Waals surface area contributed by atoms with E-state index in [9.17, 15) is 54.0 Å². The highest BCUT2D eigenvalue weighted by molar-refractivity contribution is 7.92. The smallest absolute Gasteiger partial charge is 0.311 e. The lowest BCUT2D eigenvalue weighted by atomic mass is 9.86. The predicted octanol–water partition coefficient (Wildman–Crippen LogP) is 14.7. The zero-order valence-corrected chi connectivity index (χ0v) is 60.4. The number of carboxylic acids is 1. The number of anilines is 3. The maximum atomic E-state index is 13.6. The van der Waals surface area contributed by atoms with Gasteiger partial charge in [0.15, 0.2) is 29.5 Å². The predicted molar refractivity (Wildman–Crippen MR) is 387 cm³/mol. The number of ether oxygens (including phenoxy) is 2. The van der Waals surface area contributed by atoms with Crippen LogP contribution in [-0.2, 0) is 64.7 Å². The number of rotatable bonds is 30. The molecule has 526 valence electrons. The summed E-state index contributed by atoms with van der Waals surface area (Å²) in [6.07, 6.45) is 5.45. The summed E-state index contributed by atoms with van der Waals surface area (Å²) in [5.74, 6) is -2.24. The van der Waals surface area contributed by atoms with Crippen LogP contribution in [0.15, 0.2) is 160 Å². The molecule has 1 amide bonds.